The van der Waals surface area contributed by atoms with Gasteiger partial charge in [0.2, 0.25) is 0 Å². The Morgan fingerprint density at radius 1 is 1.14 bits per heavy atom. The van der Waals surface area contributed by atoms with E-state index in [2.05, 4.69) is 51.7 Å². The molecule has 1 aliphatic carbocycles. The third-order valence-electron chi connectivity index (χ3n) is 8.51. The number of aryl methyl sites for hydroxylation is 1. The zero-order valence-corrected chi connectivity index (χ0v) is 20.3. The number of hydrogen-bond donors (Lipinski definition) is 1. The maximum atomic E-state index is 14.4. The van der Waals surface area contributed by atoms with E-state index in [-0.39, 0.29) is 30.0 Å². The van der Waals surface area contributed by atoms with Gasteiger partial charge in [0.25, 0.3) is 5.91 Å². The number of para-hydroxylation sites is 1. The standard InChI is InChI=1S/C28H32N4O3/c1-18-22(31-35-30-18)17-34-24-12-7-6-11-20(24)27(33)32-23(15-19-9-4-3-5-10-19)21-16-28(2)25(29-21)13-8-14-26(28)32/h3-7,9-12,21,23,25-26,29H,8,13-17H2,1-2H3/t21-,23-,25-,26+,28-/m0/s1. The fourth-order valence-corrected chi connectivity index (χ4v) is 6.70. The molecule has 2 aromatic carbocycles. The molecule has 182 valence electrons. The molecule has 1 amide bonds. The van der Waals surface area contributed by atoms with Crippen molar-refractivity contribution < 1.29 is 14.2 Å². The highest BCUT2D eigenvalue weighted by Crippen LogP contribution is 2.52. The number of ether oxygens (including phenoxy) is 1. The Balaban J connectivity index is 1.35. The zero-order chi connectivity index (χ0) is 24.0. The second-order valence-corrected chi connectivity index (χ2v) is 10.5. The number of carbonyl (C=O) groups excluding carboxylic acids is 1. The first-order valence-corrected chi connectivity index (χ1v) is 12.7. The molecule has 3 aromatic rings. The Labute approximate surface area is 205 Å². The van der Waals surface area contributed by atoms with Crippen molar-refractivity contribution in [2.24, 2.45) is 5.41 Å². The van der Waals surface area contributed by atoms with E-state index >= 15 is 0 Å². The topological polar surface area (TPSA) is 80.5 Å². The van der Waals surface area contributed by atoms with E-state index in [9.17, 15) is 4.79 Å². The van der Waals surface area contributed by atoms with E-state index < -0.39 is 0 Å². The minimum absolute atomic E-state index is 0.0572. The van der Waals surface area contributed by atoms with Crippen molar-refractivity contribution in [1.29, 1.82) is 0 Å². The van der Waals surface area contributed by atoms with Gasteiger partial charge < -0.3 is 15.0 Å². The normalized spacial score (nSPS) is 29.3. The van der Waals surface area contributed by atoms with Crippen molar-refractivity contribution in [1.82, 2.24) is 20.5 Å². The Kier molecular flexibility index (Phi) is 5.60. The Bertz CT molecular complexity index is 1210. The van der Waals surface area contributed by atoms with Crippen LogP contribution in [0.25, 0.3) is 0 Å². The van der Waals surface area contributed by atoms with Gasteiger partial charge >= 0.3 is 0 Å². The zero-order valence-electron chi connectivity index (χ0n) is 20.3. The second-order valence-electron chi connectivity index (χ2n) is 10.5. The maximum Gasteiger partial charge on any atom is 0.258 e. The summed E-state index contributed by atoms with van der Waals surface area (Å²) in [4.78, 5) is 16.6. The van der Waals surface area contributed by atoms with E-state index in [1.807, 2.05) is 37.3 Å². The molecule has 2 saturated heterocycles. The molecule has 0 spiro atoms. The van der Waals surface area contributed by atoms with Gasteiger partial charge in [-0.05, 0) is 56.7 Å². The van der Waals surface area contributed by atoms with E-state index in [4.69, 9.17) is 9.37 Å². The predicted molar refractivity (Wildman–Crippen MR) is 131 cm³/mol. The van der Waals surface area contributed by atoms with Crippen molar-refractivity contribution >= 4 is 5.91 Å². The third kappa shape index (κ3) is 3.82. The molecule has 0 radical (unpaired) electrons. The highest BCUT2D eigenvalue weighted by atomic mass is 16.6. The third-order valence-corrected chi connectivity index (χ3v) is 8.51. The number of carbonyl (C=O) groups is 1. The molecule has 5 atom stereocenters. The molecular weight excluding hydrogens is 440 g/mol. The van der Waals surface area contributed by atoms with E-state index in [1.165, 1.54) is 12.0 Å². The minimum atomic E-state index is 0.0572. The first-order chi connectivity index (χ1) is 17.0. The van der Waals surface area contributed by atoms with Crippen LogP contribution in [0.15, 0.2) is 59.2 Å². The van der Waals surface area contributed by atoms with Gasteiger partial charge in [0.05, 0.1) is 11.6 Å². The Morgan fingerprint density at radius 3 is 2.74 bits per heavy atom. The van der Waals surface area contributed by atoms with Gasteiger partial charge in [-0.1, -0.05) is 59.7 Å². The van der Waals surface area contributed by atoms with Gasteiger partial charge in [-0.2, -0.15) is 0 Å². The molecule has 3 fully saturated rings. The SMILES string of the molecule is Cc1nonc1COc1ccccc1C(=O)N1[C@@H](Cc2ccccc2)[C@@H]2C[C@@]3(C)[C@H](CCC[C@@H]13)N2. The molecule has 7 nitrogen and oxygen atoms in total. The van der Waals surface area contributed by atoms with Crippen LogP contribution in [-0.4, -0.2) is 45.3 Å². The largest absolute Gasteiger partial charge is 0.486 e. The number of nitrogens with one attached hydrogen (secondary N) is 1. The molecule has 7 heteroatoms. The van der Waals surface area contributed by atoms with Crippen LogP contribution in [0.5, 0.6) is 5.75 Å². The number of aromatic nitrogens is 2. The Morgan fingerprint density at radius 2 is 1.94 bits per heavy atom. The van der Waals surface area contributed by atoms with E-state index in [0.29, 0.717) is 34.8 Å². The van der Waals surface area contributed by atoms with Crippen LogP contribution < -0.4 is 10.1 Å². The summed E-state index contributed by atoms with van der Waals surface area (Å²) in [6, 6.07) is 19.2. The second kappa shape index (κ2) is 8.79. The molecule has 2 bridgehead atoms. The highest BCUT2D eigenvalue weighted by molar-refractivity contribution is 5.97. The first kappa shape index (κ1) is 22.3. The number of piperidine rings is 1. The lowest BCUT2D eigenvalue weighted by atomic mass is 9.64. The average Bonchev–Trinajstić information content (AvgIpc) is 3.45. The lowest BCUT2D eigenvalue weighted by molar-refractivity contribution is -0.0113. The van der Waals surface area contributed by atoms with Crippen LogP contribution >= 0.6 is 0 Å². The quantitative estimate of drug-likeness (QED) is 0.576. The molecule has 3 aliphatic rings. The molecule has 3 heterocycles. The summed E-state index contributed by atoms with van der Waals surface area (Å²) in [5.41, 5.74) is 3.30. The van der Waals surface area contributed by atoms with Crippen molar-refractivity contribution in [2.75, 3.05) is 0 Å². The highest BCUT2D eigenvalue weighted by Gasteiger charge is 2.60. The van der Waals surface area contributed by atoms with Crippen LogP contribution in [0.1, 0.15) is 59.9 Å². The number of nitrogens with zero attached hydrogens (tertiary/aromatic N) is 3. The fraction of sp³-hybridized carbons (Fsp3) is 0.464. The van der Waals surface area contributed by atoms with E-state index in [1.54, 1.807) is 0 Å². The average molecular weight is 473 g/mol. The number of hydrogen-bond acceptors (Lipinski definition) is 6. The smallest absolute Gasteiger partial charge is 0.258 e. The van der Waals surface area contributed by atoms with Crippen LogP contribution in [0, 0.1) is 12.3 Å². The lowest BCUT2D eigenvalue weighted by Gasteiger charge is -2.53. The van der Waals surface area contributed by atoms with Gasteiger partial charge in [-0.15, -0.1) is 0 Å². The van der Waals surface area contributed by atoms with Gasteiger partial charge in [-0.3, -0.25) is 4.79 Å². The summed E-state index contributed by atoms with van der Waals surface area (Å²) in [6.45, 7) is 4.42. The molecule has 6 rings (SSSR count). The van der Waals surface area contributed by atoms with Crippen molar-refractivity contribution in [3.05, 3.63) is 77.1 Å². The van der Waals surface area contributed by atoms with Crippen LogP contribution in [-0.2, 0) is 13.0 Å². The number of rotatable bonds is 6. The van der Waals surface area contributed by atoms with Gasteiger partial charge in [0.1, 0.15) is 23.7 Å². The Hall–Kier alpha value is -3.19. The summed E-state index contributed by atoms with van der Waals surface area (Å²) >= 11 is 0. The monoisotopic (exact) mass is 472 g/mol. The maximum absolute atomic E-state index is 14.4. The van der Waals surface area contributed by atoms with E-state index in [0.717, 1.165) is 25.7 Å². The molecular formula is C28H32N4O3. The molecule has 1 saturated carbocycles. The summed E-state index contributed by atoms with van der Waals surface area (Å²) in [5, 5.41) is 11.7. The lowest BCUT2D eigenvalue weighted by Crippen LogP contribution is -2.62. The number of amides is 1. The van der Waals surface area contributed by atoms with Gasteiger partial charge in [0, 0.05) is 23.5 Å². The van der Waals surface area contributed by atoms with Crippen molar-refractivity contribution in [3.8, 4) is 5.75 Å². The number of fused-ring (bicyclic) bond motifs is 1. The molecule has 2 aliphatic heterocycles. The minimum Gasteiger partial charge on any atom is -0.486 e. The van der Waals surface area contributed by atoms with Crippen LogP contribution in [0.3, 0.4) is 0 Å². The summed E-state index contributed by atoms with van der Waals surface area (Å²) in [6.07, 6.45) is 5.35. The first-order valence-electron chi connectivity index (χ1n) is 12.7. The van der Waals surface area contributed by atoms with Crippen LogP contribution in [0.2, 0.25) is 0 Å². The van der Waals surface area contributed by atoms with Crippen LogP contribution in [0.4, 0.5) is 0 Å². The van der Waals surface area contributed by atoms with Gasteiger partial charge in [-0.25, -0.2) is 4.63 Å². The molecule has 35 heavy (non-hydrogen) atoms. The predicted octanol–water partition coefficient (Wildman–Crippen LogP) is 4.31. The van der Waals surface area contributed by atoms with Gasteiger partial charge in [0.15, 0.2) is 0 Å². The summed E-state index contributed by atoms with van der Waals surface area (Å²) < 4.78 is 10.9. The molecule has 1 N–H and O–H groups in total. The number of likely N-dealkylation sites (tertiary alicyclic amines) is 1. The summed E-state index contributed by atoms with van der Waals surface area (Å²) in [7, 11) is 0. The van der Waals surface area contributed by atoms with Crippen molar-refractivity contribution in [3.63, 3.8) is 0 Å². The molecule has 1 aromatic heterocycles. The fourth-order valence-electron chi connectivity index (χ4n) is 6.70. The van der Waals surface area contributed by atoms with Crippen molar-refractivity contribution in [2.45, 2.75) is 76.7 Å². The number of benzene rings is 2. The summed E-state index contributed by atoms with van der Waals surface area (Å²) in [5.74, 6) is 0.628. The molecule has 0 unspecified atom stereocenters.